The summed E-state index contributed by atoms with van der Waals surface area (Å²) >= 11 is 0. The average Bonchev–Trinajstić information content (AvgIpc) is 3.11. The number of hydrogen-bond donors (Lipinski definition) is 2. The third kappa shape index (κ3) is 4.07. The molecule has 0 bridgehead atoms. The summed E-state index contributed by atoms with van der Waals surface area (Å²) in [4.78, 5) is 33.5. The second-order valence-corrected chi connectivity index (χ2v) is 6.89. The van der Waals surface area contributed by atoms with E-state index in [1.54, 1.807) is 13.4 Å². The Kier molecular flexibility index (Phi) is 5.38. The van der Waals surface area contributed by atoms with Crippen molar-refractivity contribution in [2.75, 3.05) is 49.3 Å². The van der Waals surface area contributed by atoms with E-state index in [-0.39, 0.29) is 17.8 Å². The second kappa shape index (κ2) is 7.73. The van der Waals surface area contributed by atoms with Gasteiger partial charge in [-0.25, -0.2) is 19.9 Å². The average molecular weight is 370 g/mol. The van der Waals surface area contributed by atoms with Gasteiger partial charge in [0.1, 0.15) is 23.8 Å². The van der Waals surface area contributed by atoms with Crippen molar-refractivity contribution in [2.45, 2.75) is 26.3 Å². The third-order valence-corrected chi connectivity index (χ3v) is 4.74. The fraction of sp³-hybridized carbons (Fsp3) is 0.500. The predicted molar refractivity (Wildman–Crippen MR) is 105 cm³/mol. The number of anilines is 3. The maximum absolute atomic E-state index is 12.0. The van der Waals surface area contributed by atoms with Crippen LogP contribution in [0, 0.1) is 13.8 Å². The van der Waals surface area contributed by atoms with Gasteiger partial charge in [-0.05, 0) is 20.3 Å². The molecule has 0 spiro atoms. The molecule has 0 unspecified atom stereocenters. The van der Waals surface area contributed by atoms with Crippen LogP contribution >= 0.6 is 0 Å². The number of rotatable bonds is 5. The normalized spacial score (nSPS) is 16.3. The van der Waals surface area contributed by atoms with E-state index in [0.717, 1.165) is 48.2 Å². The molecule has 144 valence electrons. The Morgan fingerprint density at radius 3 is 2.74 bits per heavy atom. The molecule has 1 aliphatic rings. The first kappa shape index (κ1) is 18.8. The summed E-state index contributed by atoms with van der Waals surface area (Å²) in [5.74, 6) is 2.42. The molecule has 1 atom stereocenters. The van der Waals surface area contributed by atoms with Gasteiger partial charge in [0.15, 0.2) is 0 Å². The van der Waals surface area contributed by atoms with E-state index in [1.807, 2.05) is 38.9 Å². The van der Waals surface area contributed by atoms with Gasteiger partial charge in [0.05, 0.1) is 0 Å². The van der Waals surface area contributed by atoms with Crippen molar-refractivity contribution in [1.82, 2.24) is 25.3 Å². The van der Waals surface area contributed by atoms with Crippen molar-refractivity contribution in [1.29, 1.82) is 0 Å². The van der Waals surface area contributed by atoms with E-state index in [0.29, 0.717) is 0 Å². The molecule has 0 saturated carbocycles. The Balaban J connectivity index is 1.75. The molecular formula is C18H26N8O. The number of nitrogens with zero attached hydrogens (tertiary/aromatic N) is 6. The number of hydrogen-bond acceptors (Lipinski definition) is 8. The minimum Gasteiger partial charge on any atom is -0.365 e. The van der Waals surface area contributed by atoms with Crippen LogP contribution in [0.2, 0.25) is 0 Å². The lowest BCUT2D eigenvalue weighted by Gasteiger charge is -2.21. The second-order valence-electron chi connectivity index (χ2n) is 6.89. The van der Waals surface area contributed by atoms with Gasteiger partial charge in [0.2, 0.25) is 5.82 Å². The number of nitrogens with one attached hydrogen (secondary N) is 2. The van der Waals surface area contributed by atoms with Crippen LogP contribution in [0.3, 0.4) is 0 Å². The zero-order valence-corrected chi connectivity index (χ0v) is 16.4. The molecule has 9 nitrogen and oxygen atoms in total. The summed E-state index contributed by atoms with van der Waals surface area (Å²) in [5, 5.41) is 6.06. The summed E-state index contributed by atoms with van der Waals surface area (Å²) in [5.41, 5.74) is 1.82. The zero-order valence-electron chi connectivity index (χ0n) is 16.4. The molecule has 2 N–H and O–H groups in total. The maximum atomic E-state index is 12.0. The van der Waals surface area contributed by atoms with E-state index < -0.39 is 0 Å². The monoisotopic (exact) mass is 370 g/mol. The van der Waals surface area contributed by atoms with Gasteiger partial charge >= 0.3 is 0 Å². The van der Waals surface area contributed by atoms with Gasteiger partial charge in [0, 0.05) is 57.6 Å². The maximum Gasteiger partial charge on any atom is 0.288 e. The molecule has 0 radical (unpaired) electrons. The summed E-state index contributed by atoms with van der Waals surface area (Å²) in [6.07, 6.45) is 2.52. The molecule has 3 heterocycles. The summed E-state index contributed by atoms with van der Waals surface area (Å²) in [7, 11) is 5.49. The number of amides is 1. The van der Waals surface area contributed by atoms with Crippen molar-refractivity contribution in [3.8, 4) is 0 Å². The molecule has 27 heavy (non-hydrogen) atoms. The Bertz CT molecular complexity index is 838. The lowest BCUT2D eigenvalue weighted by Crippen LogP contribution is -2.29. The molecule has 2 aromatic heterocycles. The minimum absolute atomic E-state index is 0.207. The van der Waals surface area contributed by atoms with E-state index in [9.17, 15) is 4.79 Å². The SMILES string of the molecule is CNC(=O)c1nc(C)c(C)c(N2CC[C@@H](Nc3cc(N(C)C)ncn3)C2)n1. The highest BCUT2D eigenvalue weighted by atomic mass is 16.2. The first-order chi connectivity index (χ1) is 12.9. The van der Waals surface area contributed by atoms with Crippen molar-refractivity contribution < 1.29 is 4.79 Å². The molecular weight excluding hydrogens is 344 g/mol. The zero-order chi connectivity index (χ0) is 19.6. The van der Waals surface area contributed by atoms with Gasteiger partial charge in [0.25, 0.3) is 5.91 Å². The first-order valence-corrected chi connectivity index (χ1v) is 8.97. The standard InChI is InChI=1S/C18H26N8O/c1-11-12(2)22-16(18(27)19-3)24-17(11)26-7-6-13(9-26)23-14-8-15(25(4)5)21-10-20-14/h8,10,13H,6-7,9H2,1-5H3,(H,19,27)(H,20,21,23)/t13-/m1/s1. The lowest BCUT2D eigenvalue weighted by atomic mass is 10.2. The number of carbonyl (C=O) groups is 1. The number of aryl methyl sites for hydroxylation is 1. The highest BCUT2D eigenvalue weighted by Crippen LogP contribution is 2.25. The summed E-state index contributed by atoms with van der Waals surface area (Å²) in [6.45, 7) is 5.54. The van der Waals surface area contributed by atoms with Gasteiger partial charge in [-0.15, -0.1) is 0 Å². The molecule has 1 amide bonds. The van der Waals surface area contributed by atoms with Crippen LogP contribution < -0.4 is 20.4 Å². The highest BCUT2D eigenvalue weighted by molar-refractivity contribution is 5.90. The van der Waals surface area contributed by atoms with Crippen LogP contribution in [0.4, 0.5) is 17.5 Å². The van der Waals surface area contributed by atoms with Crippen LogP contribution in [0.5, 0.6) is 0 Å². The van der Waals surface area contributed by atoms with Gasteiger partial charge < -0.3 is 20.4 Å². The lowest BCUT2D eigenvalue weighted by molar-refractivity contribution is 0.0952. The van der Waals surface area contributed by atoms with Gasteiger partial charge in [-0.1, -0.05) is 0 Å². The van der Waals surface area contributed by atoms with Crippen molar-refractivity contribution in [3.63, 3.8) is 0 Å². The van der Waals surface area contributed by atoms with Crippen LogP contribution in [-0.2, 0) is 0 Å². The largest absolute Gasteiger partial charge is 0.365 e. The molecule has 1 aliphatic heterocycles. The quantitative estimate of drug-likeness (QED) is 0.804. The van der Waals surface area contributed by atoms with E-state index >= 15 is 0 Å². The Hall–Kier alpha value is -2.97. The number of carbonyl (C=O) groups excluding carboxylic acids is 1. The topological polar surface area (TPSA) is 99.2 Å². The van der Waals surface area contributed by atoms with Crippen LogP contribution in [0.1, 0.15) is 28.3 Å². The van der Waals surface area contributed by atoms with Crippen molar-refractivity contribution >= 4 is 23.4 Å². The summed E-state index contributed by atoms with van der Waals surface area (Å²) < 4.78 is 0. The Morgan fingerprint density at radius 2 is 2.04 bits per heavy atom. The highest BCUT2D eigenvalue weighted by Gasteiger charge is 2.26. The van der Waals surface area contributed by atoms with Gasteiger partial charge in [-0.3, -0.25) is 4.79 Å². The Labute approximate surface area is 159 Å². The predicted octanol–water partition coefficient (Wildman–Crippen LogP) is 1.000. The molecule has 0 aromatic carbocycles. The van der Waals surface area contributed by atoms with Crippen LogP contribution in [0.25, 0.3) is 0 Å². The van der Waals surface area contributed by atoms with Crippen LogP contribution in [0.15, 0.2) is 12.4 Å². The first-order valence-electron chi connectivity index (χ1n) is 8.97. The van der Waals surface area contributed by atoms with E-state index in [4.69, 9.17) is 0 Å². The van der Waals surface area contributed by atoms with Crippen molar-refractivity contribution in [2.24, 2.45) is 0 Å². The van der Waals surface area contributed by atoms with E-state index in [1.165, 1.54) is 0 Å². The fourth-order valence-electron chi connectivity index (χ4n) is 3.09. The van der Waals surface area contributed by atoms with E-state index in [2.05, 4.69) is 35.5 Å². The third-order valence-electron chi connectivity index (χ3n) is 4.74. The summed E-state index contributed by atoms with van der Waals surface area (Å²) in [6, 6.07) is 2.18. The van der Waals surface area contributed by atoms with Crippen LogP contribution in [-0.4, -0.2) is 66.1 Å². The molecule has 2 aromatic rings. The van der Waals surface area contributed by atoms with Gasteiger partial charge in [-0.2, -0.15) is 0 Å². The molecule has 3 rings (SSSR count). The molecule has 1 saturated heterocycles. The fourth-order valence-corrected chi connectivity index (χ4v) is 3.09. The molecule has 0 aliphatic carbocycles. The molecule has 9 heteroatoms. The minimum atomic E-state index is -0.273. The molecule has 1 fully saturated rings. The van der Waals surface area contributed by atoms with Crippen molar-refractivity contribution in [3.05, 3.63) is 29.5 Å². The Morgan fingerprint density at radius 1 is 1.26 bits per heavy atom. The number of aromatic nitrogens is 4. The smallest absolute Gasteiger partial charge is 0.288 e.